The molecule has 1 heterocycles. The Labute approximate surface area is 219 Å². The smallest absolute Gasteiger partial charge is 0.338 e. The van der Waals surface area contributed by atoms with Gasteiger partial charge in [0.05, 0.1) is 17.2 Å². The molecule has 2 unspecified atom stereocenters. The van der Waals surface area contributed by atoms with Gasteiger partial charge in [0.15, 0.2) is 5.75 Å². The minimum absolute atomic E-state index is 0.0324. The fourth-order valence-corrected chi connectivity index (χ4v) is 5.54. The van der Waals surface area contributed by atoms with E-state index < -0.39 is 12.1 Å². The van der Waals surface area contributed by atoms with E-state index >= 15 is 0 Å². The third kappa shape index (κ3) is 6.39. The zero-order chi connectivity index (χ0) is 26.4. The second-order valence-corrected chi connectivity index (χ2v) is 10.5. The zero-order valence-electron chi connectivity index (χ0n) is 21.8. The molecule has 198 valence electrons. The summed E-state index contributed by atoms with van der Waals surface area (Å²) in [6.07, 6.45) is 5.75. The highest BCUT2D eigenvalue weighted by Gasteiger charge is 2.35. The Hall–Kier alpha value is -3.19. The molecule has 1 fully saturated rings. The van der Waals surface area contributed by atoms with Crippen molar-refractivity contribution in [2.24, 2.45) is 23.5 Å². The molecule has 1 aliphatic heterocycles. The van der Waals surface area contributed by atoms with Crippen LogP contribution < -0.4 is 15.8 Å². The largest absolute Gasteiger partial charge is 0.454 e. The molecule has 2 aromatic carbocycles. The van der Waals surface area contributed by atoms with Crippen molar-refractivity contribution >= 4 is 23.5 Å². The van der Waals surface area contributed by atoms with Crippen LogP contribution in [0.5, 0.6) is 5.75 Å². The third-order valence-corrected chi connectivity index (χ3v) is 7.62. The molecule has 0 spiro atoms. The van der Waals surface area contributed by atoms with E-state index in [1.807, 2.05) is 12.1 Å². The van der Waals surface area contributed by atoms with Gasteiger partial charge in [0, 0.05) is 12.3 Å². The molecule has 1 amide bonds. The van der Waals surface area contributed by atoms with E-state index in [9.17, 15) is 14.4 Å². The summed E-state index contributed by atoms with van der Waals surface area (Å²) in [5, 5.41) is 2.94. The molecular weight excluding hydrogens is 468 g/mol. The molecule has 37 heavy (non-hydrogen) atoms. The van der Waals surface area contributed by atoms with Crippen LogP contribution in [0.1, 0.15) is 86.4 Å². The number of carbonyl (C=O) groups excluding carboxylic acids is 3. The van der Waals surface area contributed by atoms with Crippen molar-refractivity contribution in [2.75, 3.05) is 11.9 Å². The van der Waals surface area contributed by atoms with E-state index in [2.05, 4.69) is 19.2 Å². The number of ether oxygens (including phenoxy) is 2. The molecule has 4 rings (SSSR count). The van der Waals surface area contributed by atoms with Crippen LogP contribution in [0, 0.1) is 17.8 Å². The van der Waals surface area contributed by atoms with Crippen molar-refractivity contribution in [1.29, 1.82) is 0 Å². The maximum absolute atomic E-state index is 13.2. The SMILES string of the molecule is CC(C)C(CCN)C(OC(=O)c1ccccc1)c1ccc(OC(=O)C2CCCCC2)c2c1CCC(=O)N2. The number of nitrogens with one attached hydrogen (secondary N) is 1. The number of amides is 1. The summed E-state index contributed by atoms with van der Waals surface area (Å²) >= 11 is 0. The highest BCUT2D eigenvalue weighted by Crippen LogP contribution is 2.43. The first-order chi connectivity index (χ1) is 17.9. The molecule has 0 bridgehead atoms. The molecule has 2 atom stereocenters. The molecule has 0 aromatic heterocycles. The van der Waals surface area contributed by atoms with Crippen LogP contribution in [0.3, 0.4) is 0 Å². The average molecular weight is 507 g/mol. The average Bonchev–Trinajstić information content (AvgIpc) is 2.91. The van der Waals surface area contributed by atoms with Crippen LogP contribution in [0.2, 0.25) is 0 Å². The number of anilines is 1. The Bertz CT molecular complexity index is 1110. The van der Waals surface area contributed by atoms with E-state index in [1.165, 1.54) is 0 Å². The Morgan fingerprint density at radius 3 is 2.43 bits per heavy atom. The number of hydrogen-bond acceptors (Lipinski definition) is 6. The van der Waals surface area contributed by atoms with E-state index in [4.69, 9.17) is 15.2 Å². The highest BCUT2D eigenvalue weighted by atomic mass is 16.5. The van der Waals surface area contributed by atoms with E-state index in [-0.39, 0.29) is 29.6 Å². The van der Waals surface area contributed by atoms with Crippen molar-refractivity contribution in [3.8, 4) is 5.75 Å². The van der Waals surface area contributed by atoms with Crippen molar-refractivity contribution in [3.05, 3.63) is 59.2 Å². The minimum atomic E-state index is -0.567. The van der Waals surface area contributed by atoms with Gasteiger partial charge in [0.2, 0.25) is 5.91 Å². The number of esters is 2. The molecule has 7 nitrogen and oxygen atoms in total. The van der Waals surface area contributed by atoms with Gasteiger partial charge in [0.1, 0.15) is 6.10 Å². The van der Waals surface area contributed by atoms with Crippen molar-refractivity contribution in [1.82, 2.24) is 0 Å². The Morgan fingerprint density at radius 2 is 1.76 bits per heavy atom. The number of hydrogen-bond donors (Lipinski definition) is 2. The lowest BCUT2D eigenvalue weighted by atomic mass is 9.81. The van der Waals surface area contributed by atoms with Crippen molar-refractivity contribution in [3.63, 3.8) is 0 Å². The van der Waals surface area contributed by atoms with E-state index in [1.54, 1.807) is 30.3 Å². The van der Waals surface area contributed by atoms with Crippen molar-refractivity contribution < 1.29 is 23.9 Å². The molecule has 3 N–H and O–H groups in total. The lowest BCUT2D eigenvalue weighted by molar-refractivity contribution is -0.140. The molecule has 2 aromatic rings. The summed E-state index contributed by atoms with van der Waals surface area (Å²) in [6, 6.07) is 12.5. The lowest BCUT2D eigenvalue weighted by Gasteiger charge is -2.33. The first-order valence-electron chi connectivity index (χ1n) is 13.5. The maximum Gasteiger partial charge on any atom is 0.338 e. The van der Waals surface area contributed by atoms with Crippen LogP contribution in [-0.4, -0.2) is 24.4 Å². The molecule has 7 heteroatoms. The maximum atomic E-state index is 13.2. The first kappa shape index (κ1) is 26.9. The Morgan fingerprint density at radius 1 is 1.03 bits per heavy atom. The van der Waals surface area contributed by atoms with Gasteiger partial charge in [-0.1, -0.05) is 57.4 Å². The number of fused-ring (bicyclic) bond motifs is 1. The summed E-state index contributed by atoms with van der Waals surface area (Å²) in [6.45, 7) is 4.65. The van der Waals surface area contributed by atoms with Crippen LogP contribution in [-0.2, 0) is 20.7 Å². The molecule has 0 saturated heterocycles. The van der Waals surface area contributed by atoms with Gasteiger partial charge in [-0.05, 0) is 67.5 Å². The van der Waals surface area contributed by atoms with Crippen LogP contribution in [0.4, 0.5) is 5.69 Å². The number of benzene rings is 2. The first-order valence-corrected chi connectivity index (χ1v) is 13.5. The van der Waals surface area contributed by atoms with Gasteiger partial charge >= 0.3 is 11.9 Å². The quantitative estimate of drug-likeness (QED) is 0.340. The monoisotopic (exact) mass is 506 g/mol. The minimum Gasteiger partial charge on any atom is -0.454 e. The van der Waals surface area contributed by atoms with Gasteiger partial charge in [0.25, 0.3) is 0 Å². The number of rotatable bonds is 9. The molecular formula is C30H38N2O5. The van der Waals surface area contributed by atoms with Crippen LogP contribution in [0.25, 0.3) is 0 Å². The Kier molecular flexibility index (Phi) is 8.98. The summed E-state index contributed by atoms with van der Waals surface area (Å²) in [4.78, 5) is 38.5. The topological polar surface area (TPSA) is 108 Å². The molecule has 1 saturated carbocycles. The Balaban J connectivity index is 1.71. The fourth-order valence-electron chi connectivity index (χ4n) is 5.54. The number of nitrogens with two attached hydrogens (primary N) is 1. The predicted octanol–water partition coefficient (Wildman–Crippen LogP) is 5.58. The summed E-state index contributed by atoms with van der Waals surface area (Å²) in [5.41, 5.74) is 8.63. The molecule has 1 aliphatic carbocycles. The van der Waals surface area contributed by atoms with Crippen LogP contribution in [0.15, 0.2) is 42.5 Å². The summed E-state index contributed by atoms with van der Waals surface area (Å²) in [5.74, 6) is -0.378. The van der Waals surface area contributed by atoms with Gasteiger partial charge in [-0.2, -0.15) is 0 Å². The fraction of sp³-hybridized carbons (Fsp3) is 0.500. The van der Waals surface area contributed by atoms with Crippen molar-refractivity contribution in [2.45, 2.75) is 71.3 Å². The second-order valence-electron chi connectivity index (χ2n) is 10.5. The molecule has 2 aliphatic rings. The second kappa shape index (κ2) is 12.4. The van der Waals surface area contributed by atoms with Gasteiger partial charge < -0.3 is 20.5 Å². The highest BCUT2D eigenvalue weighted by molar-refractivity contribution is 5.97. The van der Waals surface area contributed by atoms with E-state index in [0.29, 0.717) is 42.8 Å². The third-order valence-electron chi connectivity index (χ3n) is 7.62. The standard InChI is InChI=1S/C30H38N2O5/c1-19(2)22(17-18-31)28(37-30(35)21-11-7-4-8-12-21)24-13-15-25(27-23(24)14-16-26(33)32-27)36-29(34)20-9-5-3-6-10-20/h4,7-8,11-13,15,19-20,22,28H,3,5-6,9-10,14,16-18,31H2,1-2H3,(H,32,33). The summed E-state index contributed by atoms with van der Waals surface area (Å²) in [7, 11) is 0. The normalized spacial score (nSPS) is 17.5. The molecule has 0 radical (unpaired) electrons. The summed E-state index contributed by atoms with van der Waals surface area (Å²) < 4.78 is 12.1. The van der Waals surface area contributed by atoms with Crippen LogP contribution >= 0.6 is 0 Å². The van der Waals surface area contributed by atoms with Gasteiger partial charge in [-0.3, -0.25) is 9.59 Å². The number of carbonyl (C=O) groups is 3. The van der Waals surface area contributed by atoms with Gasteiger partial charge in [-0.15, -0.1) is 0 Å². The zero-order valence-corrected chi connectivity index (χ0v) is 21.8. The van der Waals surface area contributed by atoms with E-state index in [0.717, 1.165) is 43.2 Å². The van der Waals surface area contributed by atoms with Gasteiger partial charge in [-0.25, -0.2) is 4.79 Å². The predicted molar refractivity (Wildman–Crippen MR) is 142 cm³/mol. The lowest BCUT2D eigenvalue weighted by Crippen LogP contribution is -2.29.